The van der Waals surface area contributed by atoms with Crippen LogP contribution in [0.25, 0.3) is 0 Å². The number of nitrogens with one attached hydrogen (secondary N) is 1. The number of nitrogens with zero attached hydrogens (tertiary/aromatic N) is 1. The summed E-state index contributed by atoms with van der Waals surface area (Å²) in [6, 6.07) is 9.01. The summed E-state index contributed by atoms with van der Waals surface area (Å²) in [6.07, 6.45) is 3.51. The maximum Gasteiger partial charge on any atom is 0.124 e. The van der Waals surface area contributed by atoms with Gasteiger partial charge in [0.1, 0.15) is 10.8 Å². The Bertz CT molecular complexity index is 619. The Morgan fingerprint density at radius 3 is 2.76 bits per heavy atom. The second-order valence-electron chi connectivity index (χ2n) is 5.52. The lowest BCUT2D eigenvalue weighted by molar-refractivity contribution is 0.403. The first-order valence-electron chi connectivity index (χ1n) is 7.58. The van der Waals surface area contributed by atoms with E-state index in [9.17, 15) is 0 Å². The van der Waals surface area contributed by atoms with Gasteiger partial charge in [0.2, 0.25) is 0 Å². The number of thiazole rings is 1. The van der Waals surface area contributed by atoms with E-state index in [1.165, 1.54) is 29.0 Å². The number of aromatic nitrogens is 1. The number of para-hydroxylation sites is 1. The molecule has 1 N–H and O–H groups in total. The fraction of sp³-hybridized carbons (Fsp3) is 0.471. The molecule has 3 rings (SSSR count). The lowest BCUT2D eigenvalue weighted by Crippen LogP contribution is -2.24. The molecule has 1 unspecified atom stereocenters. The van der Waals surface area contributed by atoms with Crippen molar-refractivity contribution in [2.75, 3.05) is 7.11 Å². The van der Waals surface area contributed by atoms with Crippen molar-refractivity contribution in [3.63, 3.8) is 0 Å². The molecule has 0 bridgehead atoms. The van der Waals surface area contributed by atoms with Crippen molar-refractivity contribution in [1.29, 1.82) is 0 Å². The number of ether oxygens (including phenoxy) is 1. The molecule has 1 aliphatic rings. The van der Waals surface area contributed by atoms with Crippen LogP contribution in [-0.2, 0) is 6.42 Å². The average Bonchev–Trinajstić information content (AvgIpc) is 3.26. The molecular formula is C17H22N2OS. The average molecular weight is 302 g/mol. The van der Waals surface area contributed by atoms with E-state index in [0.717, 1.165) is 17.2 Å². The van der Waals surface area contributed by atoms with Crippen LogP contribution >= 0.6 is 11.3 Å². The summed E-state index contributed by atoms with van der Waals surface area (Å²) in [7, 11) is 1.73. The largest absolute Gasteiger partial charge is 0.496 e. The van der Waals surface area contributed by atoms with E-state index >= 15 is 0 Å². The molecule has 21 heavy (non-hydrogen) atoms. The molecule has 1 heterocycles. The van der Waals surface area contributed by atoms with Crippen LogP contribution in [0.1, 0.15) is 46.9 Å². The minimum absolute atomic E-state index is 0.137. The molecule has 4 heteroatoms. The topological polar surface area (TPSA) is 34.2 Å². The third kappa shape index (κ3) is 3.11. The highest BCUT2D eigenvalue weighted by Gasteiger charge is 2.29. The summed E-state index contributed by atoms with van der Waals surface area (Å²) in [5, 5.41) is 4.88. The van der Waals surface area contributed by atoms with Gasteiger partial charge in [-0.15, -0.1) is 11.3 Å². The predicted molar refractivity (Wildman–Crippen MR) is 87.2 cm³/mol. The predicted octanol–water partition coefficient (Wildman–Crippen LogP) is 3.86. The molecule has 1 atom stereocenters. The van der Waals surface area contributed by atoms with Crippen molar-refractivity contribution < 1.29 is 4.74 Å². The van der Waals surface area contributed by atoms with Gasteiger partial charge in [0, 0.05) is 16.5 Å². The molecule has 0 spiro atoms. The molecule has 1 aliphatic carbocycles. The Labute approximate surface area is 130 Å². The van der Waals surface area contributed by atoms with Gasteiger partial charge >= 0.3 is 0 Å². The van der Waals surface area contributed by atoms with Crippen molar-refractivity contribution in [1.82, 2.24) is 10.3 Å². The zero-order valence-corrected chi connectivity index (χ0v) is 13.7. The first kappa shape index (κ1) is 14.5. The number of rotatable bonds is 6. The Morgan fingerprint density at radius 2 is 2.14 bits per heavy atom. The van der Waals surface area contributed by atoms with E-state index in [2.05, 4.69) is 31.3 Å². The van der Waals surface area contributed by atoms with Crippen LogP contribution in [0.15, 0.2) is 24.3 Å². The summed E-state index contributed by atoms with van der Waals surface area (Å²) in [5.74, 6) is 0.932. The van der Waals surface area contributed by atoms with Crippen molar-refractivity contribution in [2.24, 2.45) is 0 Å². The van der Waals surface area contributed by atoms with Crippen LogP contribution < -0.4 is 10.1 Å². The van der Waals surface area contributed by atoms with Crippen LogP contribution in [0.2, 0.25) is 0 Å². The van der Waals surface area contributed by atoms with Gasteiger partial charge in [-0.3, -0.25) is 0 Å². The summed E-state index contributed by atoms with van der Waals surface area (Å²) < 4.78 is 5.55. The molecule has 3 nitrogen and oxygen atoms in total. The monoisotopic (exact) mass is 302 g/mol. The highest BCUT2D eigenvalue weighted by molar-refractivity contribution is 7.11. The highest BCUT2D eigenvalue weighted by atomic mass is 32.1. The maximum absolute atomic E-state index is 5.55. The Balaban J connectivity index is 1.99. The summed E-state index contributed by atoms with van der Waals surface area (Å²) in [4.78, 5) is 6.19. The lowest BCUT2D eigenvalue weighted by atomic mass is 10.1. The van der Waals surface area contributed by atoms with Gasteiger partial charge < -0.3 is 10.1 Å². The number of methoxy groups -OCH3 is 1. The zero-order valence-electron chi connectivity index (χ0n) is 12.8. The van der Waals surface area contributed by atoms with Crippen LogP contribution in [0.5, 0.6) is 5.75 Å². The molecule has 0 saturated heterocycles. The molecule has 2 aromatic rings. The van der Waals surface area contributed by atoms with E-state index in [0.29, 0.717) is 6.04 Å². The van der Waals surface area contributed by atoms with Gasteiger partial charge in [-0.05, 0) is 32.3 Å². The van der Waals surface area contributed by atoms with Gasteiger partial charge in [0.05, 0.1) is 18.8 Å². The molecule has 0 amide bonds. The van der Waals surface area contributed by atoms with Crippen molar-refractivity contribution in [2.45, 2.75) is 45.2 Å². The van der Waals surface area contributed by atoms with Gasteiger partial charge in [-0.25, -0.2) is 4.98 Å². The van der Waals surface area contributed by atoms with Gasteiger partial charge in [0.25, 0.3) is 0 Å². The minimum Gasteiger partial charge on any atom is -0.496 e. The molecular weight excluding hydrogens is 280 g/mol. The Kier molecular flexibility index (Phi) is 4.27. The first-order chi connectivity index (χ1) is 10.2. The molecule has 112 valence electrons. The standard InChI is InChI=1S/C17H22N2OS/c1-4-14-11(2)21-17(19-14)16(18-12-9-10-12)13-7-5-6-8-15(13)20-3/h5-8,12,16,18H,4,9-10H2,1-3H3. The van der Waals surface area contributed by atoms with Gasteiger partial charge in [-0.2, -0.15) is 0 Å². The van der Waals surface area contributed by atoms with E-state index in [4.69, 9.17) is 9.72 Å². The number of aryl methyl sites for hydroxylation is 2. The summed E-state index contributed by atoms with van der Waals surface area (Å²) in [6.45, 7) is 4.33. The second kappa shape index (κ2) is 6.16. The Hall–Kier alpha value is -1.39. The van der Waals surface area contributed by atoms with Gasteiger partial charge in [0.15, 0.2) is 0 Å². The smallest absolute Gasteiger partial charge is 0.124 e. The summed E-state index contributed by atoms with van der Waals surface area (Å²) in [5.41, 5.74) is 2.40. The zero-order chi connectivity index (χ0) is 14.8. The third-order valence-corrected chi connectivity index (χ3v) is 5.00. The molecule has 1 fully saturated rings. The molecule has 1 aromatic carbocycles. The Morgan fingerprint density at radius 1 is 1.38 bits per heavy atom. The fourth-order valence-corrected chi connectivity index (χ4v) is 3.68. The number of benzene rings is 1. The van der Waals surface area contributed by atoms with Crippen molar-refractivity contribution >= 4 is 11.3 Å². The summed E-state index contributed by atoms with van der Waals surface area (Å²) >= 11 is 1.80. The van der Waals surface area contributed by atoms with E-state index in [1.807, 2.05) is 12.1 Å². The highest BCUT2D eigenvalue weighted by Crippen LogP contribution is 2.36. The molecule has 1 saturated carbocycles. The second-order valence-corrected chi connectivity index (χ2v) is 6.76. The normalized spacial score (nSPS) is 16.0. The van der Waals surface area contributed by atoms with Crippen LogP contribution in [0.4, 0.5) is 0 Å². The minimum atomic E-state index is 0.137. The van der Waals surface area contributed by atoms with E-state index in [-0.39, 0.29) is 6.04 Å². The maximum atomic E-state index is 5.55. The van der Waals surface area contributed by atoms with Crippen LogP contribution in [0.3, 0.4) is 0 Å². The SMILES string of the molecule is CCc1nc(C(NC2CC2)c2ccccc2OC)sc1C. The fourth-order valence-electron chi connectivity index (χ4n) is 2.59. The van der Waals surface area contributed by atoms with E-state index in [1.54, 1.807) is 18.4 Å². The number of hydrogen-bond acceptors (Lipinski definition) is 4. The third-order valence-electron chi connectivity index (χ3n) is 3.92. The molecule has 0 aliphatic heterocycles. The quantitative estimate of drug-likeness (QED) is 0.879. The van der Waals surface area contributed by atoms with Crippen molar-refractivity contribution in [3.8, 4) is 5.75 Å². The van der Waals surface area contributed by atoms with Crippen LogP contribution in [0, 0.1) is 6.92 Å². The van der Waals surface area contributed by atoms with Gasteiger partial charge in [-0.1, -0.05) is 25.1 Å². The van der Waals surface area contributed by atoms with E-state index < -0.39 is 0 Å². The van der Waals surface area contributed by atoms with Crippen molar-refractivity contribution in [3.05, 3.63) is 45.4 Å². The first-order valence-corrected chi connectivity index (χ1v) is 8.39. The molecule has 1 aromatic heterocycles. The molecule has 0 radical (unpaired) electrons. The lowest BCUT2D eigenvalue weighted by Gasteiger charge is -2.19. The van der Waals surface area contributed by atoms with Crippen LogP contribution in [-0.4, -0.2) is 18.1 Å². The number of hydrogen-bond donors (Lipinski definition) is 1.